The van der Waals surface area contributed by atoms with E-state index >= 15 is 0 Å². The maximum Gasteiger partial charge on any atom is 0.255 e. The molecule has 2 aromatic rings. The van der Waals surface area contributed by atoms with E-state index in [-0.39, 0.29) is 5.56 Å². The van der Waals surface area contributed by atoms with Crippen molar-refractivity contribution >= 4 is 21.6 Å². The number of rotatable bonds is 4. The lowest BCUT2D eigenvalue weighted by Gasteiger charge is -2.16. The van der Waals surface area contributed by atoms with Crippen LogP contribution in [-0.2, 0) is 10.0 Å². The Kier molecular flexibility index (Phi) is 4.87. The van der Waals surface area contributed by atoms with Crippen LogP contribution in [0.15, 0.2) is 47.4 Å². The number of aryl methyl sites for hydroxylation is 1. The maximum atomic E-state index is 14.1. The third kappa shape index (κ3) is 3.72. The number of carbonyl (C=O) groups excluding carboxylic acids is 1. The predicted molar refractivity (Wildman–Crippen MR) is 93.5 cm³/mol. The fraction of sp³-hybridized carbons (Fsp3) is 0.278. The molecule has 1 heterocycles. The topological polar surface area (TPSA) is 66.5 Å². The van der Waals surface area contributed by atoms with E-state index in [4.69, 9.17) is 0 Å². The van der Waals surface area contributed by atoms with Crippen LogP contribution in [0.4, 0.5) is 10.1 Å². The van der Waals surface area contributed by atoms with Crippen molar-refractivity contribution in [3.05, 3.63) is 59.4 Å². The van der Waals surface area contributed by atoms with Crippen molar-refractivity contribution in [1.82, 2.24) is 4.31 Å². The second kappa shape index (κ2) is 6.93. The molecule has 0 unspecified atom stereocenters. The summed E-state index contributed by atoms with van der Waals surface area (Å²) in [7, 11) is -3.93. The van der Waals surface area contributed by atoms with Gasteiger partial charge in [-0.2, -0.15) is 4.31 Å². The SMILES string of the molecule is Cc1ccc(NC(=O)c2ccc(F)c(S(=O)(=O)N3CCCC3)c2)cc1. The van der Waals surface area contributed by atoms with E-state index in [2.05, 4.69) is 5.32 Å². The summed E-state index contributed by atoms with van der Waals surface area (Å²) in [5.74, 6) is -1.33. The molecule has 0 aromatic heterocycles. The number of halogens is 1. The van der Waals surface area contributed by atoms with E-state index in [9.17, 15) is 17.6 Å². The minimum atomic E-state index is -3.93. The average molecular weight is 362 g/mol. The number of nitrogens with one attached hydrogen (secondary N) is 1. The van der Waals surface area contributed by atoms with Gasteiger partial charge in [-0.25, -0.2) is 12.8 Å². The summed E-state index contributed by atoms with van der Waals surface area (Å²) < 4.78 is 40.5. The molecule has 1 aliphatic rings. The molecule has 1 aliphatic heterocycles. The minimum absolute atomic E-state index is 0.0970. The van der Waals surface area contributed by atoms with Gasteiger partial charge in [0.05, 0.1) is 0 Å². The molecule has 25 heavy (non-hydrogen) atoms. The number of hydrogen-bond acceptors (Lipinski definition) is 3. The summed E-state index contributed by atoms with van der Waals surface area (Å²) in [4.78, 5) is 11.9. The zero-order valence-corrected chi connectivity index (χ0v) is 14.6. The van der Waals surface area contributed by atoms with Crippen molar-refractivity contribution in [2.75, 3.05) is 18.4 Å². The number of nitrogens with zero attached hydrogens (tertiary/aromatic N) is 1. The number of hydrogen-bond donors (Lipinski definition) is 1. The van der Waals surface area contributed by atoms with Gasteiger partial charge in [0.1, 0.15) is 10.7 Å². The van der Waals surface area contributed by atoms with Crippen LogP contribution in [0.25, 0.3) is 0 Å². The van der Waals surface area contributed by atoms with Gasteiger partial charge in [0, 0.05) is 24.3 Å². The van der Waals surface area contributed by atoms with Crippen LogP contribution in [0.1, 0.15) is 28.8 Å². The zero-order valence-electron chi connectivity index (χ0n) is 13.8. The van der Waals surface area contributed by atoms with E-state index in [1.807, 2.05) is 19.1 Å². The molecule has 1 fully saturated rings. The van der Waals surface area contributed by atoms with Crippen molar-refractivity contribution in [2.45, 2.75) is 24.7 Å². The molecule has 7 heteroatoms. The summed E-state index contributed by atoms with van der Waals surface area (Å²) in [5.41, 5.74) is 1.74. The van der Waals surface area contributed by atoms with E-state index in [1.165, 1.54) is 10.4 Å². The number of anilines is 1. The predicted octanol–water partition coefficient (Wildman–Crippen LogP) is 3.17. The van der Waals surface area contributed by atoms with Gasteiger partial charge in [0.2, 0.25) is 10.0 Å². The van der Waals surface area contributed by atoms with Crippen molar-refractivity contribution in [1.29, 1.82) is 0 Å². The molecule has 0 aliphatic carbocycles. The molecule has 1 saturated heterocycles. The molecule has 1 amide bonds. The quantitative estimate of drug-likeness (QED) is 0.908. The first-order valence-electron chi connectivity index (χ1n) is 8.05. The molecular weight excluding hydrogens is 343 g/mol. The first-order valence-corrected chi connectivity index (χ1v) is 9.50. The van der Waals surface area contributed by atoms with Crippen LogP contribution in [-0.4, -0.2) is 31.7 Å². The van der Waals surface area contributed by atoms with Gasteiger partial charge in [0.15, 0.2) is 0 Å². The Morgan fingerprint density at radius 1 is 1.08 bits per heavy atom. The molecule has 132 valence electrons. The van der Waals surface area contributed by atoms with Crippen LogP contribution in [0.5, 0.6) is 0 Å². The highest BCUT2D eigenvalue weighted by Gasteiger charge is 2.30. The monoisotopic (exact) mass is 362 g/mol. The Bertz CT molecular complexity index is 889. The van der Waals surface area contributed by atoms with Gasteiger partial charge >= 0.3 is 0 Å². The van der Waals surface area contributed by atoms with Crippen LogP contribution in [0.2, 0.25) is 0 Å². The molecule has 1 N–H and O–H groups in total. The van der Waals surface area contributed by atoms with Gasteiger partial charge in [0.25, 0.3) is 5.91 Å². The smallest absolute Gasteiger partial charge is 0.255 e. The summed E-state index contributed by atoms with van der Waals surface area (Å²) in [6.45, 7) is 2.68. The molecule has 3 rings (SSSR count). The van der Waals surface area contributed by atoms with Crippen LogP contribution in [0, 0.1) is 12.7 Å². The Labute approximate surface area is 146 Å². The van der Waals surface area contributed by atoms with E-state index < -0.39 is 26.6 Å². The molecule has 5 nitrogen and oxygen atoms in total. The fourth-order valence-electron chi connectivity index (χ4n) is 2.75. The fourth-order valence-corrected chi connectivity index (χ4v) is 4.36. The van der Waals surface area contributed by atoms with Gasteiger partial charge in [-0.15, -0.1) is 0 Å². The Morgan fingerprint density at radius 3 is 2.36 bits per heavy atom. The Morgan fingerprint density at radius 2 is 1.72 bits per heavy atom. The molecule has 0 radical (unpaired) electrons. The van der Waals surface area contributed by atoms with E-state index in [0.717, 1.165) is 30.5 Å². The van der Waals surface area contributed by atoms with Gasteiger partial charge in [-0.05, 0) is 50.1 Å². The number of benzene rings is 2. The summed E-state index contributed by atoms with van der Waals surface area (Å²) >= 11 is 0. The Hall–Kier alpha value is -2.25. The standard InChI is InChI=1S/C18H19FN2O3S/c1-13-4-7-15(8-5-13)20-18(22)14-6-9-16(19)17(12-14)25(23,24)21-10-2-3-11-21/h4-9,12H,2-3,10-11H2,1H3,(H,20,22). The van der Waals surface area contributed by atoms with Crippen molar-refractivity contribution in [2.24, 2.45) is 0 Å². The molecule has 0 atom stereocenters. The normalized spacial score (nSPS) is 15.3. The highest BCUT2D eigenvalue weighted by Crippen LogP contribution is 2.24. The third-order valence-corrected chi connectivity index (χ3v) is 6.10. The van der Waals surface area contributed by atoms with Crippen molar-refractivity contribution in [3.8, 4) is 0 Å². The number of amides is 1. The minimum Gasteiger partial charge on any atom is -0.322 e. The highest BCUT2D eigenvalue weighted by molar-refractivity contribution is 7.89. The zero-order chi connectivity index (χ0) is 18.0. The lowest BCUT2D eigenvalue weighted by atomic mass is 10.2. The molecular formula is C18H19FN2O3S. The lowest BCUT2D eigenvalue weighted by molar-refractivity contribution is 0.102. The highest BCUT2D eigenvalue weighted by atomic mass is 32.2. The largest absolute Gasteiger partial charge is 0.322 e. The van der Waals surface area contributed by atoms with Crippen molar-refractivity contribution < 1.29 is 17.6 Å². The number of carbonyl (C=O) groups is 1. The maximum absolute atomic E-state index is 14.1. The van der Waals surface area contributed by atoms with E-state index in [1.54, 1.807) is 12.1 Å². The summed E-state index contributed by atoms with van der Waals surface area (Å²) in [6.07, 6.45) is 1.52. The number of sulfonamides is 1. The molecule has 0 bridgehead atoms. The molecule has 0 spiro atoms. The lowest BCUT2D eigenvalue weighted by Crippen LogP contribution is -2.29. The van der Waals surface area contributed by atoms with Crippen molar-refractivity contribution in [3.63, 3.8) is 0 Å². The van der Waals surface area contributed by atoms with Gasteiger partial charge < -0.3 is 5.32 Å². The van der Waals surface area contributed by atoms with Gasteiger partial charge in [-0.1, -0.05) is 17.7 Å². The van der Waals surface area contributed by atoms with Crippen LogP contribution in [0.3, 0.4) is 0 Å². The summed E-state index contributed by atoms with van der Waals surface area (Å²) in [5, 5.41) is 2.68. The van der Waals surface area contributed by atoms with Gasteiger partial charge in [-0.3, -0.25) is 4.79 Å². The van der Waals surface area contributed by atoms with Crippen LogP contribution < -0.4 is 5.32 Å². The second-order valence-electron chi connectivity index (χ2n) is 6.08. The molecule has 0 saturated carbocycles. The third-order valence-electron chi connectivity index (χ3n) is 4.19. The first-order chi connectivity index (χ1) is 11.9. The summed E-state index contributed by atoms with van der Waals surface area (Å²) in [6, 6.07) is 10.6. The van der Waals surface area contributed by atoms with Crippen LogP contribution >= 0.6 is 0 Å². The molecule has 2 aromatic carbocycles. The van der Waals surface area contributed by atoms with E-state index in [0.29, 0.717) is 18.8 Å². The second-order valence-corrected chi connectivity index (χ2v) is 7.98. The first kappa shape index (κ1) is 17.6. The Balaban J connectivity index is 1.88. The average Bonchev–Trinajstić information content (AvgIpc) is 3.12.